The molecule has 0 aliphatic rings. The zero-order valence-corrected chi connectivity index (χ0v) is 10.2. The molecule has 0 aromatic heterocycles. The van der Waals surface area contributed by atoms with E-state index in [0.29, 0.717) is 0 Å². The highest BCUT2D eigenvalue weighted by molar-refractivity contribution is 7.86. The molecule has 0 aliphatic heterocycles. The van der Waals surface area contributed by atoms with Gasteiger partial charge in [0.15, 0.2) is 0 Å². The van der Waals surface area contributed by atoms with Gasteiger partial charge in [-0.15, -0.1) is 9.24 Å². The Bertz CT molecular complexity index is 192. The Balaban J connectivity index is 0. The summed E-state index contributed by atoms with van der Waals surface area (Å²) < 4.78 is 28.1. The normalized spacial score (nSPS) is 13.0. The number of nitrogens with two attached hydrogens (primary N) is 1. The van der Waals surface area contributed by atoms with Crippen LogP contribution in [0.15, 0.2) is 0 Å². The molecule has 3 N–H and O–H groups in total. The number of hydrogen-bond donors (Lipinski definition) is 2. The summed E-state index contributed by atoms with van der Waals surface area (Å²) in [5.74, 6) is 0. The average Bonchev–Trinajstić information content (AvgIpc) is 2.04. The van der Waals surface area contributed by atoms with Crippen LogP contribution >= 0.6 is 9.24 Å². The highest BCUT2D eigenvalue weighted by Crippen LogP contribution is 1.93. The van der Waals surface area contributed by atoms with Crippen LogP contribution in [-0.2, 0) is 10.1 Å². The van der Waals surface area contributed by atoms with E-state index in [1.165, 1.54) is 19.0 Å². The van der Waals surface area contributed by atoms with Crippen molar-refractivity contribution in [3.05, 3.63) is 0 Å². The van der Waals surface area contributed by atoms with Crippen molar-refractivity contribution in [1.82, 2.24) is 0 Å². The Morgan fingerprint density at radius 1 is 1.46 bits per heavy atom. The zero-order valence-electron chi connectivity index (χ0n) is 8.23. The summed E-state index contributed by atoms with van der Waals surface area (Å²) in [5, 5.41) is -1.12. The molecule has 0 aliphatic carbocycles. The molecule has 0 heterocycles. The lowest BCUT2D eigenvalue weighted by atomic mass is 10.4. The Kier molecular flexibility index (Phi) is 10.8. The van der Waals surface area contributed by atoms with Crippen molar-refractivity contribution < 1.29 is 13.0 Å². The first-order valence-electron chi connectivity index (χ1n) is 4.32. The highest BCUT2D eigenvalue weighted by atomic mass is 32.2. The molecule has 0 fully saturated rings. The molecule has 13 heavy (non-hydrogen) atoms. The smallest absolute Gasteiger partial charge is 0.280 e. The van der Waals surface area contributed by atoms with Crippen LogP contribution in [0.1, 0.15) is 33.1 Å². The van der Waals surface area contributed by atoms with Crippen molar-refractivity contribution in [3.63, 3.8) is 0 Å². The summed E-state index contributed by atoms with van der Waals surface area (Å²) in [6, 6.07) is 0. The van der Waals surface area contributed by atoms with Crippen LogP contribution in [0, 0.1) is 0 Å². The third-order valence-electron chi connectivity index (χ3n) is 1.34. The molecule has 82 valence electrons. The Morgan fingerprint density at radius 3 is 1.92 bits per heavy atom. The number of unbranched alkanes of at least 4 members (excludes halogenated alkanes) is 1. The Morgan fingerprint density at radius 2 is 1.92 bits per heavy atom. The van der Waals surface area contributed by atoms with Gasteiger partial charge in [0, 0.05) is 0 Å². The van der Waals surface area contributed by atoms with Gasteiger partial charge in [0.1, 0.15) is 5.37 Å². The van der Waals surface area contributed by atoms with Crippen molar-refractivity contribution in [3.8, 4) is 0 Å². The number of rotatable bonds is 4. The monoisotopic (exact) mass is 229 g/mol. The molecule has 0 rings (SSSR count). The lowest BCUT2D eigenvalue weighted by Crippen LogP contribution is -2.28. The quantitative estimate of drug-likeness (QED) is 0.561. The second kappa shape index (κ2) is 8.88. The lowest BCUT2D eigenvalue weighted by molar-refractivity contribution is 0.466. The van der Waals surface area contributed by atoms with E-state index >= 15 is 0 Å². The fourth-order valence-corrected chi connectivity index (χ4v) is 1.24. The van der Waals surface area contributed by atoms with Crippen LogP contribution in [-0.4, -0.2) is 24.5 Å². The van der Waals surface area contributed by atoms with E-state index in [0.717, 1.165) is 0 Å². The fourth-order valence-electron chi connectivity index (χ4n) is 0.415. The molecule has 2 unspecified atom stereocenters. The van der Waals surface area contributed by atoms with E-state index < -0.39 is 15.5 Å². The predicted octanol–water partition coefficient (Wildman–Crippen LogP) is 1.23. The van der Waals surface area contributed by atoms with Crippen LogP contribution in [0.5, 0.6) is 0 Å². The molecular formula is C7H20NO3PS. The van der Waals surface area contributed by atoms with E-state index in [2.05, 4.69) is 16.2 Å². The first-order valence-corrected chi connectivity index (χ1v) is 6.64. The molecule has 0 bridgehead atoms. The van der Waals surface area contributed by atoms with Crippen LogP contribution in [0.3, 0.4) is 0 Å². The standard InChI is InChI=1S/C4H11P.C3H9NO3S/c1-2-3-4-5;1-2-3(4)8(5,6)7/h2-5H2,1H3;3H,2,4H2,1H3,(H,5,6,7). The van der Waals surface area contributed by atoms with Crippen LogP contribution in [0.4, 0.5) is 0 Å². The second-order valence-corrected chi connectivity index (χ2v) is 4.82. The van der Waals surface area contributed by atoms with Gasteiger partial charge in [0.2, 0.25) is 0 Å². The summed E-state index contributed by atoms with van der Waals surface area (Å²) in [5.41, 5.74) is 4.91. The number of hydrogen-bond acceptors (Lipinski definition) is 3. The largest absolute Gasteiger partial charge is 0.313 e. The first-order chi connectivity index (χ1) is 5.90. The molecule has 0 aromatic rings. The van der Waals surface area contributed by atoms with Crippen LogP contribution < -0.4 is 5.73 Å². The predicted molar refractivity (Wildman–Crippen MR) is 59.3 cm³/mol. The molecule has 6 heteroatoms. The molecule has 0 spiro atoms. The maximum Gasteiger partial charge on any atom is 0.280 e. The Hall–Kier alpha value is 0.300. The summed E-state index contributed by atoms with van der Waals surface area (Å²) in [6.45, 7) is 3.78. The van der Waals surface area contributed by atoms with Gasteiger partial charge < -0.3 is 5.73 Å². The first kappa shape index (κ1) is 15.8. The Labute approximate surface area is 83.2 Å². The lowest BCUT2D eigenvalue weighted by Gasteiger charge is -2.01. The SMILES string of the molecule is CCC(N)S(=O)(=O)O.CCCCP. The van der Waals surface area contributed by atoms with Crippen LogP contribution in [0.2, 0.25) is 0 Å². The summed E-state index contributed by atoms with van der Waals surface area (Å²) in [6.07, 6.45) is 4.17. The van der Waals surface area contributed by atoms with Gasteiger partial charge in [0.05, 0.1) is 0 Å². The van der Waals surface area contributed by atoms with Crippen molar-refractivity contribution >= 4 is 19.4 Å². The van der Waals surface area contributed by atoms with Crippen molar-refractivity contribution in [2.24, 2.45) is 5.73 Å². The molecule has 0 aromatic carbocycles. The van der Waals surface area contributed by atoms with E-state index in [9.17, 15) is 8.42 Å². The van der Waals surface area contributed by atoms with Crippen molar-refractivity contribution in [1.29, 1.82) is 0 Å². The van der Waals surface area contributed by atoms with Gasteiger partial charge >= 0.3 is 0 Å². The summed E-state index contributed by atoms with van der Waals surface area (Å²) in [4.78, 5) is 0. The second-order valence-electron chi connectivity index (χ2n) is 2.60. The third kappa shape index (κ3) is 12.3. The minimum atomic E-state index is -3.98. The van der Waals surface area contributed by atoms with Gasteiger partial charge in [0.25, 0.3) is 10.1 Å². The maximum atomic E-state index is 9.99. The van der Waals surface area contributed by atoms with E-state index in [-0.39, 0.29) is 6.42 Å². The fraction of sp³-hybridized carbons (Fsp3) is 1.00. The summed E-state index contributed by atoms with van der Waals surface area (Å²) >= 11 is 0. The average molecular weight is 229 g/mol. The van der Waals surface area contributed by atoms with Gasteiger partial charge in [-0.25, -0.2) is 0 Å². The van der Waals surface area contributed by atoms with Gasteiger partial charge in [-0.3, -0.25) is 4.55 Å². The minimum Gasteiger partial charge on any atom is -0.313 e. The summed E-state index contributed by atoms with van der Waals surface area (Å²) in [7, 11) is -1.28. The van der Waals surface area contributed by atoms with Crippen molar-refractivity contribution in [2.45, 2.75) is 38.5 Å². The molecule has 0 amide bonds. The van der Waals surface area contributed by atoms with Crippen molar-refractivity contribution in [2.75, 3.05) is 6.16 Å². The van der Waals surface area contributed by atoms with Gasteiger partial charge in [-0.05, 0) is 12.6 Å². The molecule has 4 nitrogen and oxygen atoms in total. The van der Waals surface area contributed by atoms with Gasteiger partial charge in [-0.2, -0.15) is 8.42 Å². The third-order valence-corrected chi connectivity index (χ3v) is 2.85. The van der Waals surface area contributed by atoms with E-state index in [1.54, 1.807) is 6.92 Å². The zero-order chi connectivity index (χ0) is 10.9. The van der Waals surface area contributed by atoms with Gasteiger partial charge in [-0.1, -0.05) is 26.7 Å². The van der Waals surface area contributed by atoms with E-state index in [1.807, 2.05) is 0 Å². The molecule has 0 radical (unpaired) electrons. The minimum absolute atomic E-state index is 0.235. The molecule has 0 saturated heterocycles. The highest BCUT2D eigenvalue weighted by Gasteiger charge is 2.13. The molecule has 2 atom stereocenters. The van der Waals surface area contributed by atoms with E-state index in [4.69, 9.17) is 10.3 Å². The van der Waals surface area contributed by atoms with Crippen LogP contribution in [0.25, 0.3) is 0 Å². The molecular weight excluding hydrogens is 209 g/mol. The maximum absolute atomic E-state index is 9.99. The topological polar surface area (TPSA) is 80.4 Å². The molecule has 0 saturated carbocycles.